The van der Waals surface area contributed by atoms with Gasteiger partial charge < -0.3 is 0 Å². The topological polar surface area (TPSA) is 17.1 Å². The van der Waals surface area contributed by atoms with Crippen LogP contribution in [0.4, 0.5) is 0 Å². The molecule has 1 nitrogen and oxygen atoms in total. The maximum absolute atomic E-state index is 12.0. The molecule has 0 amide bonds. The summed E-state index contributed by atoms with van der Waals surface area (Å²) in [6, 6.07) is 14.9. The highest BCUT2D eigenvalue weighted by Crippen LogP contribution is 2.22. The highest BCUT2D eigenvalue weighted by atomic mass is 79.9. The second kappa shape index (κ2) is 6.18. The molecule has 0 spiro atoms. The van der Waals surface area contributed by atoms with E-state index in [4.69, 9.17) is 11.6 Å². The number of hydrogen-bond acceptors (Lipinski definition) is 1. The van der Waals surface area contributed by atoms with Crippen LogP contribution in [0.3, 0.4) is 0 Å². The van der Waals surface area contributed by atoms with Gasteiger partial charge in [-0.25, -0.2) is 0 Å². The minimum absolute atomic E-state index is 0.0899. The van der Waals surface area contributed by atoms with Crippen molar-refractivity contribution in [3.05, 3.63) is 75.8 Å². The summed E-state index contributed by atoms with van der Waals surface area (Å²) in [6.45, 7) is 1.99. The zero-order valence-electron chi connectivity index (χ0n) is 10.4. The Morgan fingerprint density at radius 2 is 1.53 bits per heavy atom. The van der Waals surface area contributed by atoms with Crippen LogP contribution < -0.4 is 0 Å². The second-order valence-electron chi connectivity index (χ2n) is 4.23. The summed E-state index contributed by atoms with van der Waals surface area (Å²) in [7, 11) is 0. The third kappa shape index (κ3) is 3.79. The van der Waals surface area contributed by atoms with E-state index in [1.54, 1.807) is 12.1 Å². The highest BCUT2D eigenvalue weighted by Gasteiger charge is 2.05. The molecule has 0 aliphatic rings. The molecule has 0 aliphatic carbocycles. The van der Waals surface area contributed by atoms with Crippen molar-refractivity contribution in [1.82, 2.24) is 0 Å². The van der Waals surface area contributed by atoms with Crippen LogP contribution in [0.1, 0.15) is 21.5 Å². The SMILES string of the molecule is Cc1ccc(C(=O)/C=C(\Cl)c2ccc(Br)cc2)cc1. The molecule has 19 heavy (non-hydrogen) atoms. The maximum atomic E-state index is 12.0. The van der Waals surface area contributed by atoms with Crippen LogP contribution in [-0.2, 0) is 0 Å². The van der Waals surface area contributed by atoms with E-state index in [1.807, 2.05) is 43.3 Å². The number of carbonyl (C=O) groups excluding carboxylic acids is 1. The number of carbonyl (C=O) groups is 1. The molecule has 3 heteroatoms. The van der Waals surface area contributed by atoms with E-state index in [2.05, 4.69) is 15.9 Å². The molecule has 0 saturated carbocycles. The summed E-state index contributed by atoms with van der Waals surface area (Å²) in [5.74, 6) is -0.0899. The molecular formula is C16H12BrClO. The number of halogens is 2. The monoisotopic (exact) mass is 334 g/mol. The minimum Gasteiger partial charge on any atom is -0.289 e. The third-order valence-corrected chi connectivity index (χ3v) is 3.57. The standard InChI is InChI=1S/C16H12BrClO/c1-11-2-4-13(5-3-11)16(19)10-15(18)12-6-8-14(17)9-7-12/h2-10H,1H3/b15-10-. The number of allylic oxidation sites excluding steroid dienone is 1. The van der Waals surface area contributed by atoms with Crippen LogP contribution in [0.15, 0.2) is 59.1 Å². The minimum atomic E-state index is -0.0899. The Balaban J connectivity index is 2.22. The van der Waals surface area contributed by atoms with Gasteiger partial charge in [0.15, 0.2) is 5.78 Å². The highest BCUT2D eigenvalue weighted by molar-refractivity contribution is 9.10. The van der Waals surface area contributed by atoms with Crippen LogP contribution >= 0.6 is 27.5 Å². The first-order chi connectivity index (χ1) is 9.06. The fourth-order valence-corrected chi connectivity index (χ4v) is 2.10. The molecule has 0 saturated heterocycles. The lowest BCUT2D eigenvalue weighted by Crippen LogP contribution is -1.95. The first-order valence-electron chi connectivity index (χ1n) is 5.80. The van der Waals surface area contributed by atoms with Gasteiger partial charge in [0.05, 0.1) is 5.03 Å². The van der Waals surface area contributed by atoms with Crippen molar-refractivity contribution in [1.29, 1.82) is 0 Å². The van der Waals surface area contributed by atoms with E-state index >= 15 is 0 Å². The fraction of sp³-hybridized carbons (Fsp3) is 0.0625. The van der Waals surface area contributed by atoms with Crippen LogP contribution in [0, 0.1) is 6.92 Å². The predicted molar refractivity (Wildman–Crippen MR) is 83.5 cm³/mol. The molecule has 0 bridgehead atoms. The predicted octanol–water partition coefficient (Wildman–Crippen LogP) is 5.22. The zero-order valence-corrected chi connectivity index (χ0v) is 12.7. The molecule has 0 aromatic heterocycles. The summed E-state index contributed by atoms with van der Waals surface area (Å²) in [5, 5.41) is 0.443. The molecule has 0 aliphatic heterocycles. The molecule has 0 N–H and O–H groups in total. The molecule has 0 fully saturated rings. The van der Waals surface area contributed by atoms with Gasteiger partial charge in [0.2, 0.25) is 0 Å². The Bertz CT molecular complexity index is 612. The van der Waals surface area contributed by atoms with Gasteiger partial charge in [-0.3, -0.25) is 4.79 Å². The lowest BCUT2D eigenvalue weighted by atomic mass is 10.1. The summed E-state index contributed by atoms with van der Waals surface area (Å²) in [5.41, 5.74) is 2.59. The average molecular weight is 336 g/mol. The van der Waals surface area contributed by atoms with Crippen LogP contribution in [0.5, 0.6) is 0 Å². The van der Waals surface area contributed by atoms with Crippen molar-refractivity contribution >= 4 is 38.3 Å². The molecule has 0 unspecified atom stereocenters. The quantitative estimate of drug-likeness (QED) is 0.555. The van der Waals surface area contributed by atoms with Crippen molar-refractivity contribution < 1.29 is 4.79 Å². The van der Waals surface area contributed by atoms with Crippen LogP contribution in [-0.4, -0.2) is 5.78 Å². The van der Waals surface area contributed by atoms with E-state index in [0.717, 1.165) is 15.6 Å². The lowest BCUT2D eigenvalue weighted by molar-refractivity contribution is 0.104. The Morgan fingerprint density at radius 3 is 2.11 bits per heavy atom. The molecule has 96 valence electrons. The third-order valence-electron chi connectivity index (χ3n) is 2.71. The van der Waals surface area contributed by atoms with E-state index in [1.165, 1.54) is 6.08 Å². The van der Waals surface area contributed by atoms with Crippen LogP contribution in [0.2, 0.25) is 0 Å². The Hall–Kier alpha value is -1.38. The number of aryl methyl sites for hydroxylation is 1. The Labute approximate surface area is 126 Å². The molecular weight excluding hydrogens is 324 g/mol. The molecule has 2 aromatic carbocycles. The first-order valence-corrected chi connectivity index (χ1v) is 6.97. The number of rotatable bonds is 3. The van der Waals surface area contributed by atoms with Crippen molar-refractivity contribution in [2.45, 2.75) is 6.92 Å². The Morgan fingerprint density at radius 1 is 1.00 bits per heavy atom. The number of hydrogen-bond donors (Lipinski definition) is 0. The first kappa shape index (κ1) is 14.0. The van der Waals surface area contributed by atoms with Crippen molar-refractivity contribution in [3.63, 3.8) is 0 Å². The van der Waals surface area contributed by atoms with Gasteiger partial charge in [0.25, 0.3) is 0 Å². The molecule has 2 aromatic rings. The van der Waals surface area contributed by atoms with Gasteiger partial charge in [-0.2, -0.15) is 0 Å². The average Bonchev–Trinajstić information content (AvgIpc) is 2.40. The largest absolute Gasteiger partial charge is 0.289 e. The zero-order chi connectivity index (χ0) is 13.8. The molecule has 0 heterocycles. The molecule has 0 atom stereocenters. The fourth-order valence-electron chi connectivity index (χ4n) is 1.61. The van der Waals surface area contributed by atoms with Crippen molar-refractivity contribution in [2.24, 2.45) is 0 Å². The number of ketones is 1. The van der Waals surface area contributed by atoms with Gasteiger partial charge in [-0.05, 0) is 24.6 Å². The number of benzene rings is 2. The van der Waals surface area contributed by atoms with Crippen molar-refractivity contribution in [3.8, 4) is 0 Å². The van der Waals surface area contributed by atoms with E-state index < -0.39 is 0 Å². The summed E-state index contributed by atoms with van der Waals surface area (Å²) >= 11 is 9.52. The van der Waals surface area contributed by atoms with Gasteiger partial charge >= 0.3 is 0 Å². The summed E-state index contributed by atoms with van der Waals surface area (Å²) in [6.07, 6.45) is 1.45. The summed E-state index contributed by atoms with van der Waals surface area (Å²) < 4.78 is 0.977. The van der Waals surface area contributed by atoms with Crippen molar-refractivity contribution in [2.75, 3.05) is 0 Å². The Kier molecular flexibility index (Phi) is 4.56. The van der Waals surface area contributed by atoms with Gasteiger partial charge in [0.1, 0.15) is 0 Å². The normalized spacial score (nSPS) is 11.4. The maximum Gasteiger partial charge on any atom is 0.187 e. The van der Waals surface area contributed by atoms with Crippen LogP contribution in [0.25, 0.3) is 5.03 Å². The van der Waals surface area contributed by atoms with Gasteiger partial charge in [-0.15, -0.1) is 0 Å². The van der Waals surface area contributed by atoms with E-state index in [0.29, 0.717) is 10.6 Å². The molecule has 0 radical (unpaired) electrons. The van der Waals surface area contributed by atoms with E-state index in [-0.39, 0.29) is 5.78 Å². The molecule has 2 rings (SSSR count). The lowest BCUT2D eigenvalue weighted by Gasteiger charge is -2.01. The van der Waals surface area contributed by atoms with Gasteiger partial charge in [0, 0.05) is 16.1 Å². The van der Waals surface area contributed by atoms with E-state index in [9.17, 15) is 4.79 Å². The summed E-state index contributed by atoms with van der Waals surface area (Å²) in [4.78, 5) is 12.0. The van der Waals surface area contributed by atoms with Gasteiger partial charge in [-0.1, -0.05) is 69.5 Å². The smallest absolute Gasteiger partial charge is 0.187 e. The second-order valence-corrected chi connectivity index (χ2v) is 5.55.